The number of rotatable bonds is 1. The molecule has 0 radical (unpaired) electrons. The summed E-state index contributed by atoms with van der Waals surface area (Å²) in [5.41, 5.74) is 2.99. The number of amides is 1. The van der Waals surface area contributed by atoms with Crippen LogP contribution in [0, 0.1) is 0 Å². The van der Waals surface area contributed by atoms with Gasteiger partial charge in [0.25, 0.3) is 0 Å². The maximum atomic E-state index is 11.2. The van der Waals surface area contributed by atoms with Gasteiger partial charge in [-0.05, 0) is 30.2 Å². The molecular weight excluding hydrogens is 240 g/mol. The number of carbonyl (C=O) groups excluding carboxylic acids is 1. The first kappa shape index (κ1) is 11.3. The Morgan fingerprint density at radius 1 is 1.50 bits per heavy atom. The van der Waals surface area contributed by atoms with Crippen LogP contribution in [0.2, 0.25) is 0 Å². The van der Waals surface area contributed by atoms with Crippen molar-refractivity contribution in [1.29, 1.82) is 0 Å². The molecule has 0 aliphatic carbocycles. The lowest BCUT2D eigenvalue weighted by molar-refractivity contribution is -0.116. The van der Waals surface area contributed by atoms with Gasteiger partial charge in [0.15, 0.2) is 0 Å². The Kier molecular flexibility index (Phi) is 3.07. The van der Waals surface area contributed by atoms with E-state index < -0.39 is 0 Å². The third kappa shape index (κ3) is 2.15. The highest BCUT2D eigenvalue weighted by molar-refractivity contribution is 8.00. The maximum absolute atomic E-state index is 11.2. The molecule has 1 amide bonds. The van der Waals surface area contributed by atoms with Gasteiger partial charge in [-0.1, -0.05) is 4.32 Å². The topological polar surface area (TPSA) is 32.3 Å². The zero-order valence-corrected chi connectivity index (χ0v) is 10.5. The minimum Gasteiger partial charge on any atom is -0.411 e. The van der Waals surface area contributed by atoms with Crippen LogP contribution in [0.1, 0.15) is 12.0 Å². The predicted octanol–water partition coefficient (Wildman–Crippen LogP) is 1.84. The summed E-state index contributed by atoms with van der Waals surface area (Å²) < 4.78 is 0.416. The molecule has 3 nitrogen and oxygen atoms in total. The number of aryl methyl sites for hydroxylation is 1. The minimum atomic E-state index is 0.0763. The molecule has 1 aromatic carbocycles. The van der Waals surface area contributed by atoms with E-state index in [2.05, 4.69) is 5.32 Å². The molecule has 0 spiro atoms. The lowest BCUT2D eigenvalue weighted by Gasteiger charge is -2.25. The van der Waals surface area contributed by atoms with Crippen molar-refractivity contribution in [1.82, 2.24) is 0 Å². The van der Waals surface area contributed by atoms with Gasteiger partial charge in [0.1, 0.15) is 0 Å². The van der Waals surface area contributed by atoms with E-state index in [9.17, 15) is 4.79 Å². The van der Waals surface area contributed by atoms with Gasteiger partial charge in [0.05, 0.1) is 0 Å². The summed E-state index contributed by atoms with van der Waals surface area (Å²) in [4.78, 5) is 13.0. The van der Waals surface area contributed by atoms with E-state index in [1.165, 1.54) is 0 Å². The zero-order valence-electron chi connectivity index (χ0n) is 8.82. The lowest BCUT2D eigenvalue weighted by atomic mass is 10.0. The van der Waals surface area contributed by atoms with Gasteiger partial charge in [-0.2, -0.15) is 0 Å². The largest absolute Gasteiger partial charge is 0.411 e. The third-order valence-corrected chi connectivity index (χ3v) is 3.19. The van der Waals surface area contributed by atoms with E-state index in [4.69, 9.17) is 24.8 Å². The smallest absolute Gasteiger partial charge is 0.224 e. The fourth-order valence-corrected chi connectivity index (χ4v) is 1.89. The Balaban J connectivity index is 2.33. The summed E-state index contributed by atoms with van der Waals surface area (Å²) >= 11 is 9.89. The van der Waals surface area contributed by atoms with Crippen molar-refractivity contribution in [2.45, 2.75) is 12.8 Å². The fraction of sp³-hybridized carbons (Fsp3) is 0.273. The standard InChI is InChI=1S/C11H12N2OS2/c1-13(11(15)16)8-3-4-9-7(6-8)2-5-10(14)12-9/h3-4,6H,2,5H2,1H3,(H,12,14)(H,15,16)/p-1. The Labute approximate surface area is 105 Å². The maximum Gasteiger partial charge on any atom is 0.224 e. The molecular formula is C11H11N2OS2-. The number of benzene rings is 1. The van der Waals surface area contributed by atoms with E-state index in [1.807, 2.05) is 25.2 Å². The van der Waals surface area contributed by atoms with Gasteiger partial charge >= 0.3 is 0 Å². The lowest BCUT2D eigenvalue weighted by Crippen LogP contribution is -2.23. The highest BCUT2D eigenvalue weighted by Crippen LogP contribution is 2.27. The second-order valence-corrected chi connectivity index (χ2v) is 4.75. The molecule has 2 rings (SSSR count). The number of anilines is 2. The number of hydrogen-bond acceptors (Lipinski definition) is 3. The van der Waals surface area contributed by atoms with E-state index >= 15 is 0 Å². The number of hydrogen-bond donors (Lipinski definition) is 1. The van der Waals surface area contributed by atoms with Crippen LogP contribution in [-0.4, -0.2) is 17.3 Å². The Morgan fingerprint density at radius 2 is 2.25 bits per heavy atom. The van der Waals surface area contributed by atoms with Crippen molar-refractivity contribution in [3.8, 4) is 0 Å². The quantitative estimate of drug-likeness (QED) is 0.610. The van der Waals surface area contributed by atoms with Gasteiger partial charge in [-0.3, -0.25) is 4.79 Å². The predicted molar refractivity (Wildman–Crippen MR) is 71.8 cm³/mol. The van der Waals surface area contributed by atoms with Gasteiger partial charge in [0.2, 0.25) is 5.91 Å². The first-order chi connectivity index (χ1) is 7.58. The molecule has 0 fully saturated rings. The van der Waals surface area contributed by atoms with Crippen LogP contribution in [0.5, 0.6) is 0 Å². The summed E-state index contributed by atoms with van der Waals surface area (Å²) in [7, 11) is 1.85. The monoisotopic (exact) mass is 251 g/mol. The summed E-state index contributed by atoms with van der Waals surface area (Å²) in [6, 6.07) is 5.82. The molecule has 84 valence electrons. The van der Waals surface area contributed by atoms with E-state index in [1.54, 1.807) is 4.90 Å². The van der Waals surface area contributed by atoms with Crippen molar-refractivity contribution in [2.24, 2.45) is 0 Å². The average molecular weight is 251 g/mol. The first-order valence-electron chi connectivity index (χ1n) is 4.95. The molecule has 0 aromatic heterocycles. The molecule has 1 aromatic rings. The summed E-state index contributed by atoms with van der Waals surface area (Å²) in [5.74, 6) is 0.0763. The first-order valence-corrected chi connectivity index (χ1v) is 5.77. The van der Waals surface area contributed by atoms with Crippen LogP contribution in [0.4, 0.5) is 11.4 Å². The molecule has 0 saturated carbocycles. The molecule has 1 aliphatic heterocycles. The molecule has 0 atom stereocenters. The fourth-order valence-electron chi connectivity index (χ4n) is 1.68. The second kappa shape index (κ2) is 4.35. The molecule has 0 unspecified atom stereocenters. The summed E-state index contributed by atoms with van der Waals surface area (Å²) in [6.45, 7) is 0. The number of fused-ring (bicyclic) bond motifs is 1. The summed E-state index contributed by atoms with van der Waals surface area (Å²) in [5, 5.41) is 2.84. The van der Waals surface area contributed by atoms with Crippen molar-refractivity contribution >= 4 is 46.4 Å². The van der Waals surface area contributed by atoms with Crippen LogP contribution < -0.4 is 10.2 Å². The molecule has 5 heteroatoms. The van der Waals surface area contributed by atoms with Crippen LogP contribution in [0.15, 0.2) is 18.2 Å². The van der Waals surface area contributed by atoms with Crippen LogP contribution in [0.3, 0.4) is 0 Å². The molecule has 1 aliphatic rings. The van der Waals surface area contributed by atoms with Crippen molar-refractivity contribution in [3.05, 3.63) is 23.8 Å². The average Bonchev–Trinajstić information content (AvgIpc) is 2.27. The van der Waals surface area contributed by atoms with Crippen LogP contribution in [-0.2, 0) is 23.8 Å². The van der Waals surface area contributed by atoms with E-state index in [0.29, 0.717) is 10.7 Å². The zero-order chi connectivity index (χ0) is 11.7. The summed E-state index contributed by atoms with van der Waals surface area (Å²) in [6.07, 6.45) is 1.31. The van der Waals surface area contributed by atoms with Gasteiger partial charge in [-0.15, -0.1) is 0 Å². The van der Waals surface area contributed by atoms with Crippen LogP contribution in [0.25, 0.3) is 0 Å². The molecule has 16 heavy (non-hydrogen) atoms. The Bertz CT molecular complexity index is 459. The van der Waals surface area contributed by atoms with Crippen molar-refractivity contribution in [3.63, 3.8) is 0 Å². The van der Waals surface area contributed by atoms with Gasteiger partial charge in [0, 0.05) is 24.8 Å². The Morgan fingerprint density at radius 3 is 2.94 bits per heavy atom. The van der Waals surface area contributed by atoms with Crippen molar-refractivity contribution in [2.75, 3.05) is 17.3 Å². The highest BCUT2D eigenvalue weighted by Gasteiger charge is 2.15. The number of nitrogens with zero attached hydrogens (tertiary/aromatic N) is 1. The molecule has 0 saturated heterocycles. The minimum absolute atomic E-state index is 0.0763. The van der Waals surface area contributed by atoms with Gasteiger partial charge in [-0.25, -0.2) is 0 Å². The van der Waals surface area contributed by atoms with E-state index in [0.717, 1.165) is 23.4 Å². The van der Waals surface area contributed by atoms with Crippen LogP contribution >= 0.6 is 12.2 Å². The number of carbonyl (C=O) groups is 1. The second-order valence-electron chi connectivity index (χ2n) is 3.71. The third-order valence-electron chi connectivity index (χ3n) is 2.65. The normalized spacial score (nSPS) is 13.9. The highest BCUT2D eigenvalue weighted by atomic mass is 32.1. The van der Waals surface area contributed by atoms with E-state index in [-0.39, 0.29) is 5.91 Å². The molecule has 0 bridgehead atoms. The SMILES string of the molecule is CN(C(=S)[S-])c1ccc2c(c1)CCC(=O)N2. The Hall–Kier alpha value is -1.20. The number of thiocarbonyl (C=S) groups is 1. The van der Waals surface area contributed by atoms with Crippen molar-refractivity contribution < 1.29 is 4.79 Å². The van der Waals surface area contributed by atoms with Gasteiger partial charge < -0.3 is 35.1 Å². The molecule has 1 N–H and O–H groups in total. The number of nitrogens with one attached hydrogen (secondary N) is 1. The molecule has 1 heterocycles.